The zero-order valence-corrected chi connectivity index (χ0v) is 16.8. The minimum atomic E-state index is 0.0922. The summed E-state index contributed by atoms with van der Waals surface area (Å²) >= 11 is 0. The molecule has 0 atom stereocenters. The summed E-state index contributed by atoms with van der Waals surface area (Å²) in [5.74, 6) is 0.0922. The largest absolute Gasteiger partial charge is 0.369 e. The number of rotatable bonds is 6. The van der Waals surface area contributed by atoms with Gasteiger partial charge in [0.25, 0.3) is 0 Å². The third-order valence-corrected chi connectivity index (χ3v) is 5.37. The van der Waals surface area contributed by atoms with Crippen LogP contribution in [0.2, 0.25) is 0 Å². The summed E-state index contributed by atoms with van der Waals surface area (Å²) in [6.07, 6.45) is 1.86. The van der Waals surface area contributed by atoms with Crippen molar-refractivity contribution in [1.82, 2.24) is 4.90 Å². The quantitative estimate of drug-likeness (QED) is 0.844. The van der Waals surface area contributed by atoms with Crippen LogP contribution >= 0.6 is 0 Å². The SMILES string of the molecule is CCc1cccc(CC)c1NC(=O)CN1CCN(c2cccc(C)c2)CC1. The Balaban J connectivity index is 1.56. The summed E-state index contributed by atoms with van der Waals surface area (Å²) in [6, 6.07) is 14.9. The highest BCUT2D eigenvalue weighted by Crippen LogP contribution is 2.23. The molecule has 1 amide bonds. The highest BCUT2D eigenvalue weighted by Gasteiger charge is 2.20. The van der Waals surface area contributed by atoms with Crippen LogP contribution in [0.5, 0.6) is 0 Å². The van der Waals surface area contributed by atoms with E-state index in [1.54, 1.807) is 0 Å². The Hall–Kier alpha value is -2.33. The molecule has 1 aliphatic heterocycles. The van der Waals surface area contributed by atoms with Crippen molar-refractivity contribution in [1.29, 1.82) is 0 Å². The summed E-state index contributed by atoms with van der Waals surface area (Å²) in [5.41, 5.74) is 6.02. The average molecular weight is 366 g/mol. The van der Waals surface area contributed by atoms with Gasteiger partial charge in [0.05, 0.1) is 6.54 Å². The number of piperazine rings is 1. The maximum absolute atomic E-state index is 12.6. The van der Waals surface area contributed by atoms with Crippen LogP contribution in [0, 0.1) is 6.92 Å². The molecule has 144 valence electrons. The lowest BCUT2D eigenvalue weighted by molar-refractivity contribution is -0.117. The molecule has 1 fully saturated rings. The number of para-hydroxylation sites is 1. The predicted octanol–water partition coefficient (Wildman–Crippen LogP) is 3.88. The molecule has 2 aromatic rings. The number of carbonyl (C=O) groups is 1. The highest BCUT2D eigenvalue weighted by atomic mass is 16.2. The van der Waals surface area contributed by atoms with E-state index in [2.05, 4.69) is 78.4 Å². The monoisotopic (exact) mass is 365 g/mol. The van der Waals surface area contributed by atoms with Crippen LogP contribution in [0.15, 0.2) is 42.5 Å². The fourth-order valence-corrected chi connectivity index (χ4v) is 3.77. The van der Waals surface area contributed by atoms with E-state index in [9.17, 15) is 4.79 Å². The van der Waals surface area contributed by atoms with E-state index in [0.29, 0.717) is 6.54 Å². The molecule has 4 heteroatoms. The van der Waals surface area contributed by atoms with Gasteiger partial charge in [-0.15, -0.1) is 0 Å². The maximum Gasteiger partial charge on any atom is 0.238 e. The van der Waals surface area contributed by atoms with E-state index in [1.165, 1.54) is 22.4 Å². The lowest BCUT2D eigenvalue weighted by Gasteiger charge is -2.36. The van der Waals surface area contributed by atoms with Crippen LogP contribution in [-0.4, -0.2) is 43.5 Å². The molecule has 1 aliphatic rings. The van der Waals surface area contributed by atoms with E-state index < -0.39 is 0 Å². The lowest BCUT2D eigenvalue weighted by atomic mass is 10.0. The molecule has 0 unspecified atom stereocenters. The molecule has 0 spiro atoms. The second-order valence-corrected chi connectivity index (χ2v) is 7.31. The van der Waals surface area contributed by atoms with Crippen LogP contribution in [-0.2, 0) is 17.6 Å². The Labute approximate surface area is 163 Å². The second kappa shape index (κ2) is 9.05. The summed E-state index contributed by atoms with van der Waals surface area (Å²) in [6.45, 7) is 10.6. The lowest BCUT2D eigenvalue weighted by Crippen LogP contribution is -2.48. The molecule has 1 N–H and O–H groups in total. The van der Waals surface area contributed by atoms with Gasteiger partial charge in [0.15, 0.2) is 0 Å². The summed E-state index contributed by atoms with van der Waals surface area (Å²) in [5, 5.41) is 3.18. The molecule has 4 nitrogen and oxygen atoms in total. The molecule has 2 aromatic carbocycles. The number of benzene rings is 2. The number of carbonyl (C=O) groups excluding carboxylic acids is 1. The molecule has 3 rings (SSSR count). The summed E-state index contributed by atoms with van der Waals surface area (Å²) in [7, 11) is 0. The fourth-order valence-electron chi connectivity index (χ4n) is 3.77. The van der Waals surface area contributed by atoms with Gasteiger partial charge in [-0.3, -0.25) is 9.69 Å². The first-order valence-corrected chi connectivity index (χ1v) is 10.0. The smallest absolute Gasteiger partial charge is 0.238 e. The van der Waals surface area contributed by atoms with E-state index in [4.69, 9.17) is 0 Å². The van der Waals surface area contributed by atoms with Crippen LogP contribution in [0.25, 0.3) is 0 Å². The normalized spacial score (nSPS) is 15.0. The van der Waals surface area contributed by atoms with Crippen molar-refractivity contribution in [2.75, 3.05) is 42.9 Å². The van der Waals surface area contributed by atoms with Gasteiger partial charge in [-0.2, -0.15) is 0 Å². The van der Waals surface area contributed by atoms with E-state index in [-0.39, 0.29) is 5.91 Å². The number of hydrogen-bond acceptors (Lipinski definition) is 3. The number of anilines is 2. The van der Waals surface area contributed by atoms with Gasteiger partial charge in [0.1, 0.15) is 0 Å². The molecule has 1 saturated heterocycles. The summed E-state index contributed by atoms with van der Waals surface area (Å²) < 4.78 is 0. The molecule has 0 radical (unpaired) electrons. The van der Waals surface area contributed by atoms with Crippen molar-refractivity contribution >= 4 is 17.3 Å². The first kappa shape index (κ1) is 19.4. The van der Waals surface area contributed by atoms with Crippen molar-refractivity contribution in [3.8, 4) is 0 Å². The minimum Gasteiger partial charge on any atom is -0.369 e. The standard InChI is InChI=1S/C23H31N3O/c1-4-19-9-7-10-20(5-2)23(19)24-22(27)17-25-12-14-26(15-13-25)21-11-6-8-18(3)16-21/h6-11,16H,4-5,12-15,17H2,1-3H3,(H,24,27). The van der Waals surface area contributed by atoms with Crippen molar-refractivity contribution < 1.29 is 4.79 Å². The molecule has 0 bridgehead atoms. The van der Waals surface area contributed by atoms with Crippen molar-refractivity contribution in [3.05, 3.63) is 59.2 Å². The molecule has 27 heavy (non-hydrogen) atoms. The van der Waals surface area contributed by atoms with Crippen molar-refractivity contribution in [3.63, 3.8) is 0 Å². The average Bonchev–Trinajstić information content (AvgIpc) is 2.68. The first-order chi connectivity index (χ1) is 13.1. The Kier molecular flexibility index (Phi) is 6.51. The zero-order chi connectivity index (χ0) is 19.2. The topological polar surface area (TPSA) is 35.6 Å². The Bertz CT molecular complexity index is 757. The van der Waals surface area contributed by atoms with E-state index in [0.717, 1.165) is 44.7 Å². The van der Waals surface area contributed by atoms with E-state index in [1.807, 2.05) is 0 Å². The van der Waals surface area contributed by atoms with Gasteiger partial charge < -0.3 is 10.2 Å². The number of amides is 1. The molecule has 0 aromatic heterocycles. The Morgan fingerprint density at radius 2 is 1.59 bits per heavy atom. The van der Waals surface area contributed by atoms with Crippen molar-refractivity contribution in [2.24, 2.45) is 0 Å². The third kappa shape index (κ3) is 4.89. The number of nitrogens with zero attached hydrogens (tertiary/aromatic N) is 2. The molecule has 0 aliphatic carbocycles. The third-order valence-electron chi connectivity index (χ3n) is 5.37. The van der Waals surface area contributed by atoms with Gasteiger partial charge in [-0.05, 0) is 48.6 Å². The molecular formula is C23H31N3O. The van der Waals surface area contributed by atoms with Crippen LogP contribution in [0.1, 0.15) is 30.5 Å². The second-order valence-electron chi connectivity index (χ2n) is 7.31. The van der Waals surface area contributed by atoms with Gasteiger partial charge in [0, 0.05) is 37.6 Å². The van der Waals surface area contributed by atoms with Gasteiger partial charge >= 0.3 is 0 Å². The highest BCUT2D eigenvalue weighted by molar-refractivity contribution is 5.93. The summed E-state index contributed by atoms with van der Waals surface area (Å²) in [4.78, 5) is 17.3. The Morgan fingerprint density at radius 3 is 2.19 bits per heavy atom. The molecule has 0 saturated carbocycles. The number of hydrogen-bond donors (Lipinski definition) is 1. The van der Waals surface area contributed by atoms with Crippen molar-refractivity contribution in [2.45, 2.75) is 33.6 Å². The Morgan fingerprint density at radius 1 is 0.963 bits per heavy atom. The fraction of sp³-hybridized carbons (Fsp3) is 0.435. The molecular weight excluding hydrogens is 334 g/mol. The van der Waals surface area contributed by atoms with Gasteiger partial charge in [-0.1, -0.05) is 44.2 Å². The van der Waals surface area contributed by atoms with E-state index >= 15 is 0 Å². The minimum absolute atomic E-state index is 0.0922. The molecule has 1 heterocycles. The number of nitrogens with one attached hydrogen (secondary N) is 1. The predicted molar refractivity (Wildman–Crippen MR) is 114 cm³/mol. The number of aryl methyl sites for hydroxylation is 3. The van der Waals surface area contributed by atoms with Gasteiger partial charge in [0.2, 0.25) is 5.91 Å². The first-order valence-electron chi connectivity index (χ1n) is 10.0. The zero-order valence-electron chi connectivity index (χ0n) is 16.8. The van der Waals surface area contributed by atoms with Gasteiger partial charge in [-0.25, -0.2) is 0 Å². The maximum atomic E-state index is 12.6. The van der Waals surface area contributed by atoms with Crippen LogP contribution in [0.4, 0.5) is 11.4 Å². The van der Waals surface area contributed by atoms with Crippen LogP contribution in [0.3, 0.4) is 0 Å². The van der Waals surface area contributed by atoms with Crippen LogP contribution < -0.4 is 10.2 Å².